The first-order chi connectivity index (χ1) is 7.47. The van der Waals surface area contributed by atoms with Crippen molar-refractivity contribution in [2.45, 2.75) is 56.7 Å². The molecule has 0 heterocycles. The van der Waals surface area contributed by atoms with E-state index >= 15 is 0 Å². The van der Waals surface area contributed by atoms with E-state index in [0.29, 0.717) is 6.42 Å². The predicted octanol–water partition coefficient (Wildman–Crippen LogP) is 1.30. The minimum atomic E-state index is -3.24. The van der Waals surface area contributed by atoms with Gasteiger partial charge in [0.25, 0.3) is 0 Å². The summed E-state index contributed by atoms with van der Waals surface area (Å²) >= 11 is 4.88. The highest BCUT2D eigenvalue weighted by Gasteiger charge is 2.30. The van der Waals surface area contributed by atoms with E-state index in [4.69, 9.17) is 18.0 Å². The molecule has 1 saturated carbocycles. The molecule has 0 aromatic heterocycles. The maximum Gasteiger partial charge on any atom is 0.215 e. The first-order valence-corrected chi connectivity index (χ1v) is 7.73. The lowest BCUT2D eigenvalue weighted by Crippen LogP contribution is -2.46. The standard InChI is InChI=1S/C10H20N2O2S2/c1-2-5-9(10(11)15)12-16(13,14)8-6-3-4-7-8/h8-9,12H,2-7H2,1H3,(H2,11,15). The smallest absolute Gasteiger partial charge is 0.215 e. The molecule has 0 aliphatic heterocycles. The highest BCUT2D eigenvalue weighted by Crippen LogP contribution is 2.24. The Hall–Kier alpha value is -0.200. The summed E-state index contributed by atoms with van der Waals surface area (Å²) in [7, 11) is -3.24. The summed E-state index contributed by atoms with van der Waals surface area (Å²) in [6, 6.07) is -0.384. The Labute approximate surface area is 103 Å². The van der Waals surface area contributed by atoms with E-state index in [1.54, 1.807) is 0 Å². The molecule has 6 heteroatoms. The first kappa shape index (κ1) is 13.9. The summed E-state index contributed by atoms with van der Waals surface area (Å²) in [5.41, 5.74) is 5.53. The zero-order valence-electron chi connectivity index (χ0n) is 9.61. The van der Waals surface area contributed by atoms with Crippen molar-refractivity contribution < 1.29 is 8.42 Å². The Balaban J connectivity index is 2.65. The van der Waals surface area contributed by atoms with Crippen LogP contribution in [0.3, 0.4) is 0 Å². The second-order valence-corrected chi connectivity index (χ2v) is 6.78. The quantitative estimate of drug-likeness (QED) is 0.709. The molecule has 4 nitrogen and oxygen atoms in total. The van der Waals surface area contributed by atoms with Crippen LogP contribution >= 0.6 is 12.2 Å². The Bertz CT molecular complexity index is 335. The SMILES string of the molecule is CCCC(NS(=O)(=O)C1CCCC1)C(N)=S. The van der Waals surface area contributed by atoms with Gasteiger partial charge in [0.15, 0.2) is 0 Å². The number of hydrogen-bond acceptors (Lipinski definition) is 3. The summed E-state index contributed by atoms with van der Waals surface area (Å²) in [4.78, 5) is 0.239. The van der Waals surface area contributed by atoms with Gasteiger partial charge >= 0.3 is 0 Å². The van der Waals surface area contributed by atoms with Crippen LogP contribution in [0.15, 0.2) is 0 Å². The van der Waals surface area contributed by atoms with Gasteiger partial charge < -0.3 is 5.73 Å². The van der Waals surface area contributed by atoms with Gasteiger partial charge in [-0.3, -0.25) is 0 Å². The van der Waals surface area contributed by atoms with Crippen LogP contribution in [0, 0.1) is 0 Å². The predicted molar refractivity (Wildman–Crippen MR) is 69.8 cm³/mol. The number of rotatable bonds is 6. The van der Waals surface area contributed by atoms with E-state index in [0.717, 1.165) is 32.1 Å². The van der Waals surface area contributed by atoms with Crippen LogP contribution in [-0.4, -0.2) is 24.7 Å². The molecule has 1 atom stereocenters. The third kappa shape index (κ3) is 3.68. The highest BCUT2D eigenvalue weighted by atomic mass is 32.2. The molecule has 0 radical (unpaired) electrons. The second kappa shape index (κ2) is 5.93. The van der Waals surface area contributed by atoms with Gasteiger partial charge in [0.1, 0.15) is 0 Å². The maximum atomic E-state index is 12.0. The number of thiocarbonyl (C=S) groups is 1. The van der Waals surface area contributed by atoms with Gasteiger partial charge in [0.05, 0.1) is 16.3 Å². The van der Waals surface area contributed by atoms with Crippen LogP contribution < -0.4 is 10.5 Å². The molecule has 0 amide bonds. The molecule has 0 aromatic carbocycles. The topological polar surface area (TPSA) is 72.2 Å². The third-order valence-corrected chi connectivity index (χ3v) is 5.21. The van der Waals surface area contributed by atoms with E-state index in [2.05, 4.69) is 4.72 Å². The van der Waals surface area contributed by atoms with E-state index in [1.807, 2.05) is 6.92 Å². The van der Waals surface area contributed by atoms with Gasteiger partial charge in [-0.05, 0) is 19.3 Å². The normalized spacial score (nSPS) is 19.8. The number of nitrogens with two attached hydrogens (primary N) is 1. The fourth-order valence-electron chi connectivity index (χ4n) is 2.04. The lowest BCUT2D eigenvalue weighted by Gasteiger charge is -2.19. The van der Waals surface area contributed by atoms with Gasteiger partial charge in [-0.2, -0.15) is 0 Å². The lowest BCUT2D eigenvalue weighted by atomic mass is 10.2. The molecule has 0 spiro atoms. The van der Waals surface area contributed by atoms with Crippen LogP contribution in [0.2, 0.25) is 0 Å². The second-order valence-electron chi connectivity index (χ2n) is 4.31. The van der Waals surface area contributed by atoms with E-state index in [1.165, 1.54) is 0 Å². The monoisotopic (exact) mass is 264 g/mol. The van der Waals surface area contributed by atoms with Crippen LogP contribution in [0.4, 0.5) is 0 Å². The number of hydrogen-bond donors (Lipinski definition) is 2. The van der Waals surface area contributed by atoms with Crippen molar-refractivity contribution in [3.05, 3.63) is 0 Å². The molecule has 94 valence electrons. The van der Waals surface area contributed by atoms with Crippen molar-refractivity contribution in [1.29, 1.82) is 0 Å². The summed E-state index contributed by atoms with van der Waals surface area (Å²) in [5.74, 6) is 0. The largest absolute Gasteiger partial charge is 0.392 e. The van der Waals surface area contributed by atoms with E-state index < -0.39 is 10.0 Å². The van der Waals surface area contributed by atoms with E-state index in [9.17, 15) is 8.42 Å². The summed E-state index contributed by atoms with van der Waals surface area (Å²) < 4.78 is 26.6. The minimum absolute atomic E-state index is 0.239. The average Bonchev–Trinajstić information content (AvgIpc) is 2.69. The van der Waals surface area contributed by atoms with Crippen molar-refractivity contribution in [1.82, 2.24) is 4.72 Å². The average molecular weight is 264 g/mol. The van der Waals surface area contributed by atoms with Crippen molar-refractivity contribution in [2.24, 2.45) is 5.73 Å². The fourth-order valence-corrected chi connectivity index (χ4v) is 4.08. The first-order valence-electron chi connectivity index (χ1n) is 5.78. The van der Waals surface area contributed by atoms with Crippen LogP contribution in [0.25, 0.3) is 0 Å². The van der Waals surface area contributed by atoms with Crippen molar-refractivity contribution in [3.8, 4) is 0 Å². The van der Waals surface area contributed by atoms with Crippen molar-refractivity contribution in [2.75, 3.05) is 0 Å². The van der Waals surface area contributed by atoms with Gasteiger partial charge in [0.2, 0.25) is 10.0 Å². The van der Waals surface area contributed by atoms with Crippen molar-refractivity contribution >= 4 is 27.2 Å². The number of nitrogens with one attached hydrogen (secondary N) is 1. The van der Waals surface area contributed by atoms with Crippen LogP contribution in [0.1, 0.15) is 45.4 Å². The lowest BCUT2D eigenvalue weighted by molar-refractivity contribution is 0.551. The summed E-state index contributed by atoms with van der Waals surface area (Å²) in [5, 5.41) is -0.249. The fraction of sp³-hybridized carbons (Fsp3) is 0.900. The van der Waals surface area contributed by atoms with Crippen LogP contribution in [-0.2, 0) is 10.0 Å². The molecule has 0 bridgehead atoms. The van der Waals surface area contributed by atoms with E-state index in [-0.39, 0.29) is 16.3 Å². The Kier molecular flexibility index (Phi) is 5.14. The van der Waals surface area contributed by atoms with Gasteiger partial charge in [-0.25, -0.2) is 13.1 Å². The summed E-state index contributed by atoms with van der Waals surface area (Å²) in [6.07, 6.45) is 5.03. The van der Waals surface area contributed by atoms with Gasteiger partial charge in [-0.15, -0.1) is 0 Å². The molecular formula is C10H20N2O2S2. The molecule has 1 aliphatic carbocycles. The zero-order valence-corrected chi connectivity index (χ0v) is 11.2. The Morgan fingerprint density at radius 1 is 1.50 bits per heavy atom. The molecule has 16 heavy (non-hydrogen) atoms. The molecule has 1 fully saturated rings. The Morgan fingerprint density at radius 2 is 2.06 bits per heavy atom. The van der Waals surface area contributed by atoms with Crippen molar-refractivity contribution in [3.63, 3.8) is 0 Å². The highest BCUT2D eigenvalue weighted by molar-refractivity contribution is 7.90. The Morgan fingerprint density at radius 3 is 2.50 bits per heavy atom. The van der Waals surface area contributed by atoms with Crippen LogP contribution in [0.5, 0.6) is 0 Å². The molecule has 1 aliphatic rings. The maximum absolute atomic E-state index is 12.0. The molecular weight excluding hydrogens is 244 g/mol. The molecule has 0 aromatic rings. The molecule has 1 unspecified atom stereocenters. The number of sulfonamides is 1. The van der Waals surface area contributed by atoms with Gasteiger partial charge in [0, 0.05) is 0 Å². The molecule has 0 saturated heterocycles. The minimum Gasteiger partial charge on any atom is -0.392 e. The molecule has 3 N–H and O–H groups in total. The molecule has 1 rings (SSSR count). The third-order valence-electron chi connectivity index (χ3n) is 2.97. The van der Waals surface area contributed by atoms with Gasteiger partial charge in [-0.1, -0.05) is 38.4 Å². The zero-order chi connectivity index (χ0) is 12.2. The summed E-state index contributed by atoms with van der Waals surface area (Å²) in [6.45, 7) is 1.98.